The second-order valence-corrected chi connectivity index (χ2v) is 4.29. The van der Waals surface area contributed by atoms with Gasteiger partial charge in [-0.3, -0.25) is 0 Å². The maximum Gasteiger partial charge on any atom is 0.128 e. The number of fused-ring (bicyclic) bond motifs is 2. The molecule has 0 amide bonds. The summed E-state index contributed by atoms with van der Waals surface area (Å²) in [6, 6.07) is 13.6. The summed E-state index contributed by atoms with van der Waals surface area (Å²) in [5, 5.41) is 2.78. The van der Waals surface area contributed by atoms with E-state index in [2.05, 4.69) is 11.1 Å². The number of methoxy groups -OCH3 is 1. The zero-order valence-electron chi connectivity index (χ0n) is 9.27. The monoisotopic (exact) mass is 243 g/mol. The first kappa shape index (κ1) is 10.4. The number of aromatic nitrogens is 1. The highest BCUT2D eigenvalue weighted by atomic mass is 35.5. The molecule has 1 heterocycles. The van der Waals surface area contributed by atoms with E-state index >= 15 is 0 Å². The number of pyridine rings is 1. The standard InChI is InChI=1S/C14H10ClNO/c1-17-14-4-2-3-12-11(14)7-9-5-6-10(15)8-13(9)16-12/h2-8H,1H3. The van der Waals surface area contributed by atoms with Gasteiger partial charge in [0, 0.05) is 15.8 Å². The Morgan fingerprint density at radius 3 is 2.76 bits per heavy atom. The van der Waals surface area contributed by atoms with Gasteiger partial charge in [-0.05, 0) is 30.3 Å². The van der Waals surface area contributed by atoms with Crippen LogP contribution in [0.15, 0.2) is 42.5 Å². The van der Waals surface area contributed by atoms with E-state index in [0.717, 1.165) is 27.6 Å². The molecule has 2 aromatic carbocycles. The molecule has 3 heteroatoms. The second-order valence-electron chi connectivity index (χ2n) is 3.85. The Morgan fingerprint density at radius 1 is 1.06 bits per heavy atom. The lowest BCUT2D eigenvalue weighted by atomic mass is 10.1. The van der Waals surface area contributed by atoms with Gasteiger partial charge in [-0.15, -0.1) is 0 Å². The fourth-order valence-corrected chi connectivity index (χ4v) is 2.14. The van der Waals surface area contributed by atoms with Crippen LogP contribution in [0.3, 0.4) is 0 Å². The van der Waals surface area contributed by atoms with Crippen LogP contribution in [-0.2, 0) is 0 Å². The lowest BCUT2D eigenvalue weighted by Crippen LogP contribution is -1.87. The summed E-state index contributed by atoms with van der Waals surface area (Å²) in [4.78, 5) is 4.58. The highest BCUT2D eigenvalue weighted by Gasteiger charge is 2.04. The SMILES string of the molecule is COc1cccc2nc3cc(Cl)ccc3cc12. The van der Waals surface area contributed by atoms with Gasteiger partial charge < -0.3 is 4.74 Å². The molecule has 0 saturated carbocycles. The van der Waals surface area contributed by atoms with Crippen molar-refractivity contribution in [3.05, 3.63) is 47.5 Å². The number of hydrogen-bond donors (Lipinski definition) is 0. The fraction of sp³-hybridized carbons (Fsp3) is 0.0714. The van der Waals surface area contributed by atoms with Gasteiger partial charge in [-0.25, -0.2) is 4.98 Å². The van der Waals surface area contributed by atoms with Crippen LogP contribution in [0.4, 0.5) is 0 Å². The third-order valence-corrected chi connectivity index (χ3v) is 3.03. The minimum atomic E-state index is 0.701. The highest BCUT2D eigenvalue weighted by molar-refractivity contribution is 6.31. The molecule has 0 spiro atoms. The molecule has 0 aliphatic rings. The zero-order chi connectivity index (χ0) is 11.8. The molecule has 0 N–H and O–H groups in total. The van der Waals surface area contributed by atoms with Crippen molar-refractivity contribution in [2.75, 3.05) is 7.11 Å². The Hall–Kier alpha value is -1.80. The topological polar surface area (TPSA) is 22.1 Å². The van der Waals surface area contributed by atoms with E-state index in [0.29, 0.717) is 5.02 Å². The lowest BCUT2D eigenvalue weighted by Gasteiger charge is -2.06. The van der Waals surface area contributed by atoms with Crippen LogP contribution in [-0.4, -0.2) is 12.1 Å². The van der Waals surface area contributed by atoms with Crippen molar-refractivity contribution in [1.29, 1.82) is 0 Å². The van der Waals surface area contributed by atoms with Crippen LogP contribution < -0.4 is 4.74 Å². The largest absolute Gasteiger partial charge is 0.496 e. The first-order chi connectivity index (χ1) is 8.28. The summed E-state index contributed by atoms with van der Waals surface area (Å²) < 4.78 is 5.33. The molecule has 2 nitrogen and oxygen atoms in total. The Morgan fingerprint density at radius 2 is 1.94 bits per heavy atom. The van der Waals surface area contributed by atoms with Gasteiger partial charge in [0.15, 0.2) is 0 Å². The predicted molar refractivity (Wildman–Crippen MR) is 70.8 cm³/mol. The average Bonchev–Trinajstić information content (AvgIpc) is 2.35. The first-order valence-electron chi connectivity index (χ1n) is 5.31. The van der Waals surface area contributed by atoms with Gasteiger partial charge >= 0.3 is 0 Å². The summed E-state index contributed by atoms with van der Waals surface area (Å²) in [7, 11) is 1.67. The van der Waals surface area contributed by atoms with Crippen LogP contribution in [0.1, 0.15) is 0 Å². The van der Waals surface area contributed by atoms with Gasteiger partial charge in [0.25, 0.3) is 0 Å². The molecular weight excluding hydrogens is 234 g/mol. The molecule has 0 radical (unpaired) electrons. The van der Waals surface area contributed by atoms with E-state index in [1.54, 1.807) is 7.11 Å². The van der Waals surface area contributed by atoms with Gasteiger partial charge in [0.2, 0.25) is 0 Å². The molecule has 0 aliphatic carbocycles. The van der Waals surface area contributed by atoms with Crippen LogP contribution in [0.25, 0.3) is 21.8 Å². The van der Waals surface area contributed by atoms with Crippen LogP contribution >= 0.6 is 11.6 Å². The molecule has 0 unspecified atom stereocenters. The lowest BCUT2D eigenvalue weighted by molar-refractivity contribution is 0.420. The molecule has 17 heavy (non-hydrogen) atoms. The number of hydrogen-bond acceptors (Lipinski definition) is 2. The van der Waals surface area contributed by atoms with E-state index in [9.17, 15) is 0 Å². The third kappa shape index (κ3) is 1.71. The molecule has 3 aromatic rings. The summed E-state index contributed by atoms with van der Waals surface area (Å²) >= 11 is 5.96. The molecule has 0 bridgehead atoms. The van der Waals surface area contributed by atoms with Crippen molar-refractivity contribution in [2.45, 2.75) is 0 Å². The number of nitrogens with zero attached hydrogens (tertiary/aromatic N) is 1. The van der Waals surface area contributed by atoms with Gasteiger partial charge in [0.05, 0.1) is 18.1 Å². The van der Waals surface area contributed by atoms with E-state index in [-0.39, 0.29) is 0 Å². The molecule has 0 fully saturated rings. The molecule has 3 rings (SSSR count). The van der Waals surface area contributed by atoms with Crippen molar-refractivity contribution in [2.24, 2.45) is 0 Å². The molecule has 1 aromatic heterocycles. The highest BCUT2D eigenvalue weighted by Crippen LogP contribution is 2.28. The van der Waals surface area contributed by atoms with Crippen molar-refractivity contribution >= 4 is 33.4 Å². The molecule has 0 aliphatic heterocycles. The Balaban J connectivity index is 2.43. The maximum atomic E-state index is 5.96. The van der Waals surface area contributed by atoms with E-state index in [4.69, 9.17) is 16.3 Å². The summed E-state index contributed by atoms with van der Waals surface area (Å²) in [5.74, 6) is 0.840. The van der Waals surface area contributed by atoms with Crippen molar-refractivity contribution < 1.29 is 4.74 Å². The van der Waals surface area contributed by atoms with E-state index in [1.165, 1.54) is 0 Å². The Labute approximate surface area is 104 Å². The van der Waals surface area contributed by atoms with E-state index in [1.807, 2.05) is 36.4 Å². The minimum Gasteiger partial charge on any atom is -0.496 e. The second kappa shape index (κ2) is 3.90. The minimum absolute atomic E-state index is 0.701. The maximum absolute atomic E-state index is 5.96. The normalized spacial score (nSPS) is 10.9. The van der Waals surface area contributed by atoms with Gasteiger partial charge in [0.1, 0.15) is 5.75 Å². The van der Waals surface area contributed by atoms with Crippen molar-refractivity contribution in [3.63, 3.8) is 0 Å². The summed E-state index contributed by atoms with van der Waals surface area (Å²) in [6.07, 6.45) is 0. The number of ether oxygens (including phenoxy) is 1. The fourth-order valence-electron chi connectivity index (χ4n) is 1.97. The average molecular weight is 244 g/mol. The Bertz CT molecular complexity index is 709. The predicted octanol–water partition coefficient (Wildman–Crippen LogP) is 4.05. The van der Waals surface area contributed by atoms with Crippen LogP contribution in [0.2, 0.25) is 5.02 Å². The van der Waals surface area contributed by atoms with Crippen molar-refractivity contribution in [3.8, 4) is 5.75 Å². The summed E-state index contributed by atoms with van der Waals surface area (Å²) in [6.45, 7) is 0. The zero-order valence-corrected chi connectivity index (χ0v) is 10.0. The number of halogens is 1. The van der Waals surface area contributed by atoms with Gasteiger partial charge in [-0.2, -0.15) is 0 Å². The number of rotatable bonds is 1. The summed E-state index contributed by atoms with van der Waals surface area (Å²) in [5.41, 5.74) is 1.82. The molecule has 0 saturated heterocycles. The van der Waals surface area contributed by atoms with Crippen LogP contribution in [0.5, 0.6) is 5.75 Å². The smallest absolute Gasteiger partial charge is 0.128 e. The Kier molecular flexibility index (Phi) is 2.37. The third-order valence-electron chi connectivity index (χ3n) is 2.80. The molecule has 0 atom stereocenters. The molecular formula is C14H10ClNO. The van der Waals surface area contributed by atoms with Gasteiger partial charge in [-0.1, -0.05) is 23.7 Å². The van der Waals surface area contributed by atoms with E-state index < -0.39 is 0 Å². The first-order valence-corrected chi connectivity index (χ1v) is 5.69. The van der Waals surface area contributed by atoms with Crippen LogP contribution in [0, 0.1) is 0 Å². The quantitative estimate of drug-likeness (QED) is 0.602. The molecule has 84 valence electrons. The van der Waals surface area contributed by atoms with Crippen molar-refractivity contribution in [1.82, 2.24) is 4.98 Å². The number of benzene rings is 2.